The zero-order valence-corrected chi connectivity index (χ0v) is 14.3. The van der Waals surface area contributed by atoms with Crippen LogP contribution in [0.2, 0.25) is 0 Å². The number of aliphatic hydroxyl groups is 1. The molecule has 4 heteroatoms. The van der Waals surface area contributed by atoms with Gasteiger partial charge in [-0.15, -0.1) is 0 Å². The second-order valence-corrected chi connectivity index (χ2v) is 7.43. The van der Waals surface area contributed by atoms with Crippen molar-refractivity contribution in [2.45, 2.75) is 64.1 Å². The highest BCUT2D eigenvalue weighted by Crippen LogP contribution is 2.42. The smallest absolute Gasteiger partial charge is 0.0628 e. The molecule has 0 aliphatic heterocycles. The van der Waals surface area contributed by atoms with E-state index in [2.05, 4.69) is 31.0 Å². The standard InChI is InChI=1S/C17H34N2O2/c1-13(2)18-17(12-20,16-7-8-16)11-19(9-10-21-4)14(3)15-5-6-15/h13-16,18,20H,5-12H2,1-4H3. The van der Waals surface area contributed by atoms with E-state index in [4.69, 9.17) is 4.74 Å². The van der Waals surface area contributed by atoms with Crippen LogP contribution in [0.5, 0.6) is 0 Å². The van der Waals surface area contributed by atoms with E-state index in [1.54, 1.807) is 7.11 Å². The first-order valence-corrected chi connectivity index (χ1v) is 8.64. The molecule has 0 amide bonds. The number of hydrogen-bond donors (Lipinski definition) is 2. The van der Waals surface area contributed by atoms with Crippen molar-refractivity contribution < 1.29 is 9.84 Å². The summed E-state index contributed by atoms with van der Waals surface area (Å²) >= 11 is 0. The van der Waals surface area contributed by atoms with Crippen LogP contribution in [0, 0.1) is 11.8 Å². The lowest BCUT2D eigenvalue weighted by atomic mass is 9.91. The number of ether oxygens (including phenoxy) is 1. The second kappa shape index (κ2) is 7.40. The summed E-state index contributed by atoms with van der Waals surface area (Å²) in [4.78, 5) is 2.55. The Morgan fingerprint density at radius 2 is 1.90 bits per heavy atom. The van der Waals surface area contributed by atoms with Gasteiger partial charge in [-0.05, 0) is 44.4 Å². The number of nitrogens with zero attached hydrogens (tertiary/aromatic N) is 1. The first kappa shape index (κ1) is 17.2. The zero-order valence-electron chi connectivity index (χ0n) is 14.3. The van der Waals surface area contributed by atoms with Crippen LogP contribution in [0.15, 0.2) is 0 Å². The maximum absolute atomic E-state index is 10.1. The molecule has 2 saturated carbocycles. The Labute approximate surface area is 130 Å². The number of methoxy groups -OCH3 is 1. The third kappa shape index (κ3) is 4.65. The number of nitrogens with one attached hydrogen (secondary N) is 1. The molecular formula is C17H34N2O2. The maximum atomic E-state index is 10.1. The Morgan fingerprint density at radius 1 is 1.24 bits per heavy atom. The Bertz CT molecular complexity index is 316. The molecule has 2 aliphatic rings. The molecule has 2 N–H and O–H groups in total. The van der Waals surface area contributed by atoms with Gasteiger partial charge >= 0.3 is 0 Å². The summed E-state index contributed by atoms with van der Waals surface area (Å²) in [5.74, 6) is 1.47. The minimum Gasteiger partial charge on any atom is -0.394 e. The Balaban J connectivity index is 2.05. The van der Waals surface area contributed by atoms with E-state index < -0.39 is 0 Å². The summed E-state index contributed by atoms with van der Waals surface area (Å²) in [5.41, 5.74) is -0.134. The van der Waals surface area contributed by atoms with Gasteiger partial charge in [0.25, 0.3) is 0 Å². The predicted octanol–water partition coefficient (Wildman–Crippen LogP) is 1.87. The van der Waals surface area contributed by atoms with Gasteiger partial charge in [-0.2, -0.15) is 0 Å². The highest BCUT2D eigenvalue weighted by molar-refractivity contribution is 5.04. The molecule has 0 radical (unpaired) electrons. The van der Waals surface area contributed by atoms with E-state index in [1.807, 2.05) is 0 Å². The summed E-state index contributed by atoms with van der Waals surface area (Å²) in [6.07, 6.45) is 5.21. The molecule has 2 aliphatic carbocycles. The fraction of sp³-hybridized carbons (Fsp3) is 1.00. The fourth-order valence-electron chi connectivity index (χ4n) is 3.60. The zero-order chi connectivity index (χ0) is 15.5. The van der Waals surface area contributed by atoms with Crippen LogP contribution >= 0.6 is 0 Å². The van der Waals surface area contributed by atoms with Gasteiger partial charge in [0.05, 0.1) is 18.8 Å². The minimum atomic E-state index is -0.134. The highest BCUT2D eigenvalue weighted by atomic mass is 16.5. The molecule has 2 fully saturated rings. The first-order valence-electron chi connectivity index (χ1n) is 8.64. The van der Waals surface area contributed by atoms with Crippen LogP contribution in [0.3, 0.4) is 0 Å². The van der Waals surface area contributed by atoms with Gasteiger partial charge in [-0.3, -0.25) is 4.90 Å². The van der Waals surface area contributed by atoms with Gasteiger partial charge in [0, 0.05) is 32.3 Å². The summed E-state index contributed by atoms with van der Waals surface area (Å²) in [5, 5.41) is 13.8. The second-order valence-electron chi connectivity index (χ2n) is 7.43. The average Bonchev–Trinajstić information content (AvgIpc) is 3.31. The molecule has 124 valence electrons. The molecule has 0 aromatic carbocycles. The number of aliphatic hydroxyl groups excluding tert-OH is 1. The molecule has 21 heavy (non-hydrogen) atoms. The third-order valence-corrected chi connectivity index (χ3v) is 5.17. The summed E-state index contributed by atoms with van der Waals surface area (Å²) < 4.78 is 5.30. The molecule has 2 unspecified atom stereocenters. The minimum absolute atomic E-state index is 0.134. The predicted molar refractivity (Wildman–Crippen MR) is 86.4 cm³/mol. The summed E-state index contributed by atoms with van der Waals surface area (Å²) in [6.45, 7) is 9.60. The van der Waals surface area contributed by atoms with E-state index in [-0.39, 0.29) is 12.1 Å². The van der Waals surface area contributed by atoms with Crippen molar-refractivity contribution in [3.8, 4) is 0 Å². The van der Waals surface area contributed by atoms with Crippen molar-refractivity contribution in [2.75, 3.05) is 33.4 Å². The van der Waals surface area contributed by atoms with E-state index in [9.17, 15) is 5.11 Å². The van der Waals surface area contributed by atoms with E-state index in [0.717, 1.165) is 25.6 Å². The maximum Gasteiger partial charge on any atom is 0.0628 e. The van der Waals surface area contributed by atoms with Crippen molar-refractivity contribution in [1.29, 1.82) is 0 Å². The Kier molecular flexibility index (Phi) is 6.06. The van der Waals surface area contributed by atoms with Gasteiger partial charge in [0.15, 0.2) is 0 Å². The monoisotopic (exact) mass is 298 g/mol. The third-order valence-electron chi connectivity index (χ3n) is 5.17. The van der Waals surface area contributed by atoms with Gasteiger partial charge in [0.2, 0.25) is 0 Å². The molecule has 0 aromatic rings. The quantitative estimate of drug-likeness (QED) is 0.611. The molecule has 0 bridgehead atoms. The normalized spacial score (nSPS) is 23.6. The lowest BCUT2D eigenvalue weighted by molar-refractivity contribution is 0.0464. The molecule has 0 spiro atoms. The van der Waals surface area contributed by atoms with Crippen molar-refractivity contribution in [1.82, 2.24) is 10.2 Å². The number of rotatable bonds is 11. The molecule has 2 atom stereocenters. The summed E-state index contributed by atoms with van der Waals surface area (Å²) in [6, 6.07) is 0.997. The van der Waals surface area contributed by atoms with Gasteiger partial charge in [-0.25, -0.2) is 0 Å². The van der Waals surface area contributed by atoms with Crippen molar-refractivity contribution in [3.05, 3.63) is 0 Å². The van der Waals surface area contributed by atoms with Crippen LogP contribution < -0.4 is 5.32 Å². The first-order chi connectivity index (χ1) is 10.0. The molecule has 0 heterocycles. The van der Waals surface area contributed by atoms with Gasteiger partial charge < -0.3 is 15.2 Å². The largest absolute Gasteiger partial charge is 0.394 e. The van der Waals surface area contributed by atoms with Crippen LogP contribution in [-0.4, -0.2) is 61.0 Å². The van der Waals surface area contributed by atoms with E-state index in [1.165, 1.54) is 25.7 Å². The lowest BCUT2D eigenvalue weighted by Gasteiger charge is -2.42. The fourth-order valence-corrected chi connectivity index (χ4v) is 3.60. The molecule has 4 nitrogen and oxygen atoms in total. The molecule has 0 aromatic heterocycles. The highest BCUT2D eigenvalue weighted by Gasteiger charge is 2.47. The molecule has 0 saturated heterocycles. The van der Waals surface area contributed by atoms with Crippen LogP contribution in [0.4, 0.5) is 0 Å². The molecule has 2 rings (SSSR count). The molecular weight excluding hydrogens is 264 g/mol. The van der Waals surface area contributed by atoms with Crippen molar-refractivity contribution in [2.24, 2.45) is 11.8 Å². The van der Waals surface area contributed by atoms with Crippen molar-refractivity contribution >= 4 is 0 Å². The van der Waals surface area contributed by atoms with Gasteiger partial charge in [-0.1, -0.05) is 13.8 Å². The van der Waals surface area contributed by atoms with Crippen LogP contribution in [-0.2, 0) is 4.74 Å². The lowest BCUT2D eigenvalue weighted by Crippen LogP contribution is -2.61. The Hall–Kier alpha value is -0.160. The number of hydrogen-bond acceptors (Lipinski definition) is 4. The van der Waals surface area contributed by atoms with Gasteiger partial charge in [0.1, 0.15) is 0 Å². The van der Waals surface area contributed by atoms with Crippen molar-refractivity contribution in [3.63, 3.8) is 0 Å². The van der Waals surface area contributed by atoms with E-state index in [0.29, 0.717) is 18.0 Å². The Morgan fingerprint density at radius 3 is 2.33 bits per heavy atom. The SMILES string of the molecule is COCCN(CC(CO)(NC(C)C)C1CC1)C(C)C1CC1. The average molecular weight is 298 g/mol. The topological polar surface area (TPSA) is 44.7 Å². The van der Waals surface area contributed by atoms with Crippen LogP contribution in [0.1, 0.15) is 46.5 Å². The van der Waals surface area contributed by atoms with E-state index >= 15 is 0 Å². The van der Waals surface area contributed by atoms with Crippen LogP contribution in [0.25, 0.3) is 0 Å². The summed E-state index contributed by atoms with van der Waals surface area (Å²) in [7, 11) is 1.77.